The van der Waals surface area contributed by atoms with Crippen molar-refractivity contribution in [1.29, 1.82) is 0 Å². The Labute approximate surface area is 99.5 Å². The molecule has 0 unspecified atom stereocenters. The highest BCUT2D eigenvalue weighted by Gasteiger charge is 2.02. The molecule has 2 heterocycles. The van der Waals surface area contributed by atoms with Crippen molar-refractivity contribution in [2.75, 3.05) is 5.32 Å². The molecule has 0 spiro atoms. The van der Waals surface area contributed by atoms with Crippen LogP contribution in [0.15, 0.2) is 12.4 Å². The van der Waals surface area contributed by atoms with Gasteiger partial charge in [0.25, 0.3) is 0 Å². The van der Waals surface area contributed by atoms with Crippen molar-refractivity contribution < 1.29 is 0 Å². The lowest BCUT2D eigenvalue weighted by Gasteiger charge is -2.02. The maximum atomic E-state index is 4.10. The number of anilines is 1. The first kappa shape index (κ1) is 10.2. The molecule has 0 aromatic carbocycles. The molecule has 7 nitrogen and oxygen atoms in total. The highest BCUT2D eigenvalue weighted by molar-refractivity contribution is 14.1. The lowest BCUT2D eigenvalue weighted by Crippen LogP contribution is -2.08. The van der Waals surface area contributed by atoms with Gasteiger partial charge >= 0.3 is 0 Å². The molecule has 0 fully saturated rings. The van der Waals surface area contributed by atoms with Crippen LogP contribution in [0.3, 0.4) is 0 Å². The van der Waals surface area contributed by atoms with Gasteiger partial charge in [0.2, 0.25) is 5.95 Å². The maximum Gasteiger partial charge on any atom is 0.223 e. The van der Waals surface area contributed by atoms with E-state index in [1.165, 1.54) is 0 Å². The zero-order valence-electron chi connectivity index (χ0n) is 7.92. The van der Waals surface area contributed by atoms with Gasteiger partial charge in [-0.15, -0.1) is 5.10 Å². The SMILES string of the molecule is Cn1nnnc1CNc1ncc(I)cn1. The third kappa shape index (κ3) is 2.58. The van der Waals surface area contributed by atoms with Crippen LogP contribution in [0.5, 0.6) is 0 Å². The molecule has 78 valence electrons. The van der Waals surface area contributed by atoms with Crippen molar-refractivity contribution in [3.05, 3.63) is 21.8 Å². The van der Waals surface area contributed by atoms with Crippen molar-refractivity contribution in [3.63, 3.8) is 0 Å². The van der Waals surface area contributed by atoms with Crippen LogP contribution in [-0.4, -0.2) is 30.2 Å². The summed E-state index contributed by atoms with van der Waals surface area (Å²) in [6, 6.07) is 0. The van der Waals surface area contributed by atoms with E-state index < -0.39 is 0 Å². The number of halogens is 1. The minimum absolute atomic E-state index is 0.504. The zero-order valence-corrected chi connectivity index (χ0v) is 10.1. The highest BCUT2D eigenvalue weighted by atomic mass is 127. The summed E-state index contributed by atoms with van der Waals surface area (Å²) in [6.45, 7) is 0.504. The quantitative estimate of drug-likeness (QED) is 0.816. The topological polar surface area (TPSA) is 81.4 Å². The van der Waals surface area contributed by atoms with E-state index >= 15 is 0 Å². The number of hydrogen-bond donors (Lipinski definition) is 1. The Bertz CT molecular complexity index is 437. The Morgan fingerprint density at radius 2 is 2.13 bits per heavy atom. The summed E-state index contributed by atoms with van der Waals surface area (Å²) in [6.07, 6.45) is 3.48. The second-order valence-corrected chi connectivity index (χ2v) is 4.04. The van der Waals surface area contributed by atoms with Crippen molar-refractivity contribution in [1.82, 2.24) is 30.2 Å². The van der Waals surface area contributed by atoms with Crippen LogP contribution in [-0.2, 0) is 13.6 Å². The van der Waals surface area contributed by atoms with Crippen LogP contribution in [0, 0.1) is 3.57 Å². The van der Waals surface area contributed by atoms with Crippen LogP contribution in [0.4, 0.5) is 5.95 Å². The van der Waals surface area contributed by atoms with Gasteiger partial charge in [-0.05, 0) is 33.0 Å². The number of tetrazole rings is 1. The van der Waals surface area contributed by atoms with E-state index in [0.29, 0.717) is 12.5 Å². The average molecular weight is 317 g/mol. The van der Waals surface area contributed by atoms with Gasteiger partial charge in [-0.2, -0.15) is 0 Å². The summed E-state index contributed by atoms with van der Waals surface area (Å²) < 4.78 is 2.60. The minimum atomic E-state index is 0.504. The van der Waals surface area contributed by atoms with Crippen molar-refractivity contribution >= 4 is 28.5 Å². The molecule has 0 saturated carbocycles. The molecule has 2 rings (SSSR count). The van der Waals surface area contributed by atoms with Gasteiger partial charge in [-0.3, -0.25) is 0 Å². The first-order valence-electron chi connectivity index (χ1n) is 4.18. The Morgan fingerprint density at radius 1 is 1.40 bits per heavy atom. The first-order valence-corrected chi connectivity index (χ1v) is 5.26. The molecule has 0 radical (unpaired) electrons. The molecule has 0 atom stereocenters. The monoisotopic (exact) mass is 317 g/mol. The van der Waals surface area contributed by atoms with E-state index in [4.69, 9.17) is 0 Å². The van der Waals surface area contributed by atoms with Crippen molar-refractivity contribution in [3.8, 4) is 0 Å². The van der Waals surface area contributed by atoms with Gasteiger partial charge in [0, 0.05) is 23.0 Å². The largest absolute Gasteiger partial charge is 0.347 e. The summed E-state index contributed by atoms with van der Waals surface area (Å²) in [5.41, 5.74) is 0. The Kier molecular flexibility index (Phi) is 3.04. The predicted molar refractivity (Wildman–Crippen MR) is 60.9 cm³/mol. The lowest BCUT2D eigenvalue weighted by atomic mass is 10.6. The fourth-order valence-corrected chi connectivity index (χ4v) is 1.24. The third-order valence-corrected chi connectivity index (χ3v) is 2.29. The summed E-state index contributed by atoms with van der Waals surface area (Å²) >= 11 is 2.15. The molecule has 2 aromatic rings. The molecule has 15 heavy (non-hydrogen) atoms. The molecule has 2 aromatic heterocycles. The predicted octanol–water partition coefficient (Wildman–Crippen LogP) is 0.217. The third-order valence-electron chi connectivity index (χ3n) is 1.73. The van der Waals surface area contributed by atoms with Crippen LogP contribution >= 0.6 is 22.6 Å². The summed E-state index contributed by atoms with van der Waals surface area (Å²) in [4.78, 5) is 8.20. The molecule has 0 aliphatic carbocycles. The molecule has 0 bridgehead atoms. The number of aryl methyl sites for hydroxylation is 1. The van der Waals surface area contributed by atoms with Crippen molar-refractivity contribution in [2.24, 2.45) is 7.05 Å². The van der Waals surface area contributed by atoms with E-state index in [-0.39, 0.29) is 0 Å². The van der Waals surface area contributed by atoms with E-state index in [1.807, 2.05) is 0 Å². The molecule has 0 saturated heterocycles. The smallest absolute Gasteiger partial charge is 0.223 e. The van der Waals surface area contributed by atoms with Gasteiger partial charge in [-0.25, -0.2) is 14.6 Å². The van der Waals surface area contributed by atoms with E-state index in [9.17, 15) is 0 Å². The fraction of sp³-hybridized carbons (Fsp3) is 0.286. The number of rotatable bonds is 3. The second-order valence-electron chi connectivity index (χ2n) is 2.80. The summed E-state index contributed by atoms with van der Waals surface area (Å²) in [5.74, 6) is 1.30. The highest BCUT2D eigenvalue weighted by Crippen LogP contribution is 2.03. The molecule has 0 aliphatic rings. The maximum absolute atomic E-state index is 4.10. The Balaban J connectivity index is 1.99. The van der Waals surface area contributed by atoms with E-state index in [0.717, 1.165) is 9.39 Å². The van der Waals surface area contributed by atoms with Crippen molar-refractivity contribution in [2.45, 2.75) is 6.54 Å². The van der Waals surface area contributed by atoms with Crippen LogP contribution < -0.4 is 5.32 Å². The lowest BCUT2D eigenvalue weighted by molar-refractivity contribution is 0.682. The minimum Gasteiger partial charge on any atom is -0.347 e. The normalized spacial score (nSPS) is 10.3. The molecular formula is C7H8IN7. The van der Waals surface area contributed by atoms with Crippen LogP contribution in [0.1, 0.15) is 5.82 Å². The van der Waals surface area contributed by atoms with E-state index in [1.54, 1.807) is 24.1 Å². The standard InChI is InChI=1S/C7H8IN7/c1-15-6(12-13-14-15)4-11-7-9-2-5(8)3-10-7/h2-3H,4H2,1H3,(H,9,10,11). The van der Waals surface area contributed by atoms with Crippen LogP contribution in [0.2, 0.25) is 0 Å². The molecule has 0 aliphatic heterocycles. The first-order chi connectivity index (χ1) is 7.25. The average Bonchev–Trinajstić information content (AvgIpc) is 2.63. The number of aromatic nitrogens is 6. The molecular weight excluding hydrogens is 309 g/mol. The number of nitrogens with zero attached hydrogens (tertiary/aromatic N) is 6. The van der Waals surface area contributed by atoms with Crippen LogP contribution in [0.25, 0.3) is 0 Å². The van der Waals surface area contributed by atoms with Gasteiger partial charge in [-0.1, -0.05) is 0 Å². The molecule has 8 heteroatoms. The second kappa shape index (κ2) is 4.47. The van der Waals surface area contributed by atoms with Gasteiger partial charge in [0.1, 0.15) is 0 Å². The number of hydrogen-bond acceptors (Lipinski definition) is 6. The number of nitrogens with one attached hydrogen (secondary N) is 1. The summed E-state index contributed by atoms with van der Waals surface area (Å²) in [7, 11) is 1.78. The van der Waals surface area contributed by atoms with Gasteiger partial charge in [0.15, 0.2) is 5.82 Å². The van der Waals surface area contributed by atoms with Gasteiger partial charge in [0.05, 0.1) is 6.54 Å². The van der Waals surface area contributed by atoms with Gasteiger partial charge < -0.3 is 5.32 Å². The summed E-state index contributed by atoms with van der Waals surface area (Å²) in [5, 5.41) is 14.1. The fourth-order valence-electron chi connectivity index (χ4n) is 0.959. The molecule has 1 N–H and O–H groups in total. The Hall–Kier alpha value is -1.32. The van der Waals surface area contributed by atoms with E-state index in [2.05, 4.69) is 53.4 Å². The Morgan fingerprint density at radius 3 is 2.73 bits per heavy atom. The zero-order chi connectivity index (χ0) is 10.7. The molecule has 0 amide bonds.